The topological polar surface area (TPSA) is 67.2 Å². The van der Waals surface area contributed by atoms with Gasteiger partial charge in [-0.3, -0.25) is 4.79 Å². The number of hydrogen-bond donors (Lipinski definition) is 3. The monoisotopic (exact) mass is 243 g/mol. The second-order valence-electron chi connectivity index (χ2n) is 5.83. The van der Waals surface area contributed by atoms with Crippen LogP contribution in [-0.2, 0) is 4.79 Å². The lowest BCUT2D eigenvalue weighted by Gasteiger charge is -2.27. The highest BCUT2D eigenvalue weighted by Gasteiger charge is 2.19. The number of rotatable bonds is 9. The van der Waals surface area contributed by atoms with Crippen molar-refractivity contribution >= 4 is 5.91 Å². The molecule has 4 heteroatoms. The van der Waals surface area contributed by atoms with Crippen molar-refractivity contribution < 1.29 is 4.79 Å². The smallest absolute Gasteiger partial charge is 0.221 e. The maximum Gasteiger partial charge on any atom is 0.221 e. The molecule has 0 aliphatic heterocycles. The van der Waals surface area contributed by atoms with Gasteiger partial charge in [0.05, 0.1) is 0 Å². The third-order valence-electron chi connectivity index (χ3n) is 2.57. The van der Waals surface area contributed by atoms with E-state index in [2.05, 4.69) is 38.3 Å². The Morgan fingerprint density at radius 2 is 1.94 bits per heavy atom. The molecule has 0 aliphatic carbocycles. The first-order chi connectivity index (χ1) is 7.87. The van der Waals surface area contributed by atoms with Crippen LogP contribution in [-0.4, -0.2) is 32.1 Å². The molecular formula is C13H29N3O. The fourth-order valence-corrected chi connectivity index (χ4v) is 2.03. The van der Waals surface area contributed by atoms with E-state index in [1.54, 1.807) is 0 Å². The average Bonchev–Trinajstić information content (AvgIpc) is 2.20. The van der Waals surface area contributed by atoms with Crippen LogP contribution in [0.3, 0.4) is 0 Å². The molecule has 0 heterocycles. The first kappa shape index (κ1) is 16.4. The molecule has 0 atom stereocenters. The molecule has 1 amide bonds. The molecule has 0 aromatic rings. The van der Waals surface area contributed by atoms with E-state index in [1.807, 2.05) is 0 Å². The van der Waals surface area contributed by atoms with Crippen molar-refractivity contribution in [3.05, 3.63) is 0 Å². The van der Waals surface area contributed by atoms with Crippen LogP contribution < -0.4 is 16.4 Å². The number of nitrogens with one attached hydrogen (secondary N) is 2. The van der Waals surface area contributed by atoms with Crippen LogP contribution in [0.4, 0.5) is 0 Å². The molecule has 4 N–H and O–H groups in total. The van der Waals surface area contributed by atoms with Crippen molar-refractivity contribution in [2.24, 2.45) is 17.1 Å². The molecule has 0 aromatic carbocycles. The SMILES string of the molecule is CC(C)CC(C)(C)CNC(=O)CCNCCN. The minimum Gasteiger partial charge on any atom is -0.356 e. The largest absolute Gasteiger partial charge is 0.356 e. The van der Waals surface area contributed by atoms with E-state index >= 15 is 0 Å². The molecule has 0 radical (unpaired) electrons. The Morgan fingerprint density at radius 3 is 2.47 bits per heavy atom. The summed E-state index contributed by atoms with van der Waals surface area (Å²) in [6.45, 7) is 11.6. The average molecular weight is 243 g/mol. The van der Waals surface area contributed by atoms with Crippen LogP contribution in [0.25, 0.3) is 0 Å². The molecule has 0 unspecified atom stereocenters. The second-order valence-corrected chi connectivity index (χ2v) is 5.83. The zero-order chi connectivity index (χ0) is 13.3. The van der Waals surface area contributed by atoms with Gasteiger partial charge in [0.2, 0.25) is 5.91 Å². The van der Waals surface area contributed by atoms with Crippen LogP contribution in [0.15, 0.2) is 0 Å². The fraction of sp³-hybridized carbons (Fsp3) is 0.923. The normalized spacial score (nSPS) is 11.9. The summed E-state index contributed by atoms with van der Waals surface area (Å²) < 4.78 is 0. The number of hydrogen-bond acceptors (Lipinski definition) is 3. The third kappa shape index (κ3) is 10.3. The molecule has 102 valence electrons. The third-order valence-corrected chi connectivity index (χ3v) is 2.57. The maximum absolute atomic E-state index is 11.6. The molecule has 0 spiro atoms. The Kier molecular flexibility index (Phi) is 8.17. The maximum atomic E-state index is 11.6. The van der Waals surface area contributed by atoms with Gasteiger partial charge in [-0.1, -0.05) is 27.7 Å². The minimum absolute atomic E-state index is 0.117. The van der Waals surface area contributed by atoms with Gasteiger partial charge < -0.3 is 16.4 Å². The predicted octanol–water partition coefficient (Wildman–Crippen LogP) is 1.11. The minimum atomic E-state index is 0.117. The molecule has 0 aromatic heterocycles. The Morgan fingerprint density at radius 1 is 1.29 bits per heavy atom. The molecule has 0 aliphatic rings. The molecule has 0 fully saturated rings. The van der Waals surface area contributed by atoms with Crippen LogP contribution in [0.5, 0.6) is 0 Å². The molecular weight excluding hydrogens is 214 g/mol. The van der Waals surface area contributed by atoms with E-state index in [4.69, 9.17) is 5.73 Å². The van der Waals surface area contributed by atoms with Gasteiger partial charge in [0, 0.05) is 32.6 Å². The van der Waals surface area contributed by atoms with Crippen LogP contribution in [0, 0.1) is 11.3 Å². The van der Waals surface area contributed by atoms with E-state index in [9.17, 15) is 4.79 Å². The fourth-order valence-electron chi connectivity index (χ4n) is 2.03. The summed E-state index contributed by atoms with van der Waals surface area (Å²) in [6, 6.07) is 0. The van der Waals surface area contributed by atoms with Gasteiger partial charge in [-0.2, -0.15) is 0 Å². The van der Waals surface area contributed by atoms with E-state index in [0.717, 1.165) is 19.5 Å². The molecule has 17 heavy (non-hydrogen) atoms. The van der Waals surface area contributed by atoms with E-state index in [0.29, 0.717) is 25.4 Å². The molecule has 0 saturated carbocycles. The zero-order valence-electron chi connectivity index (χ0n) is 11.8. The van der Waals surface area contributed by atoms with Crippen LogP contribution >= 0.6 is 0 Å². The van der Waals surface area contributed by atoms with Gasteiger partial charge >= 0.3 is 0 Å². The van der Waals surface area contributed by atoms with Crippen molar-refractivity contribution in [3.8, 4) is 0 Å². The number of amides is 1. The summed E-state index contributed by atoms with van der Waals surface area (Å²) in [5.41, 5.74) is 5.52. The summed E-state index contributed by atoms with van der Waals surface area (Å²) in [4.78, 5) is 11.6. The highest BCUT2D eigenvalue weighted by atomic mass is 16.1. The summed E-state index contributed by atoms with van der Waals surface area (Å²) in [6.07, 6.45) is 1.65. The van der Waals surface area contributed by atoms with Crippen molar-refractivity contribution in [2.45, 2.75) is 40.5 Å². The first-order valence-electron chi connectivity index (χ1n) is 6.55. The van der Waals surface area contributed by atoms with Gasteiger partial charge in [0.25, 0.3) is 0 Å². The van der Waals surface area contributed by atoms with Crippen molar-refractivity contribution in [3.63, 3.8) is 0 Å². The number of nitrogens with two attached hydrogens (primary N) is 1. The van der Waals surface area contributed by atoms with Gasteiger partial charge in [0.1, 0.15) is 0 Å². The van der Waals surface area contributed by atoms with Crippen molar-refractivity contribution in [1.82, 2.24) is 10.6 Å². The Balaban J connectivity index is 3.68. The number of carbonyl (C=O) groups excluding carboxylic acids is 1. The molecule has 0 saturated heterocycles. The van der Waals surface area contributed by atoms with E-state index in [1.165, 1.54) is 0 Å². The predicted molar refractivity (Wildman–Crippen MR) is 72.8 cm³/mol. The lowest BCUT2D eigenvalue weighted by molar-refractivity contribution is -0.121. The van der Waals surface area contributed by atoms with E-state index in [-0.39, 0.29) is 11.3 Å². The molecule has 0 rings (SSSR count). The Hall–Kier alpha value is -0.610. The van der Waals surface area contributed by atoms with Gasteiger partial charge in [-0.05, 0) is 17.8 Å². The molecule has 4 nitrogen and oxygen atoms in total. The zero-order valence-corrected chi connectivity index (χ0v) is 11.8. The van der Waals surface area contributed by atoms with Crippen molar-refractivity contribution in [2.75, 3.05) is 26.2 Å². The number of carbonyl (C=O) groups is 1. The quantitative estimate of drug-likeness (QED) is 0.532. The first-order valence-corrected chi connectivity index (χ1v) is 6.55. The summed E-state index contributed by atoms with van der Waals surface area (Å²) >= 11 is 0. The summed E-state index contributed by atoms with van der Waals surface area (Å²) in [5, 5.41) is 6.10. The van der Waals surface area contributed by atoms with Crippen LogP contribution in [0.1, 0.15) is 40.5 Å². The standard InChI is InChI=1S/C13H29N3O/c1-11(2)9-13(3,4)10-16-12(17)5-7-15-8-6-14/h11,15H,5-10,14H2,1-4H3,(H,16,17). The lowest BCUT2D eigenvalue weighted by Crippen LogP contribution is -2.36. The Labute approximate surface area is 106 Å². The highest BCUT2D eigenvalue weighted by molar-refractivity contribution is 5.76. The van der Waals surface area contributed by atoms with Gasteiger partial charge in [-0.25, -0.2) is 0 Å². The van der Waals surface area contributed by atoms with Crippen LogP contribution in [0.2, 0.25) is 0 Å². The lowest BCUT2D eigenvalue weighted by atomic mass is 9.84. The second kappa shape index (κ2) is 8.48. The Bertz CT molecular complexity index is 215. The van der Waals surface area contributed by atoms with Crippen molar-refractivity contribution in [1.29, 1.82) is 0 Å². The van der Waals surface area contributed by atoms with E-state index < -0.39 is 0 Å². The summed E-state index contributed by atoms with van der Waals surface area (Å²) in [5.74, 6) is 0.777. The van der Waals surface area contributed by atoms with Gasteiger partial charge in [-0.15, -0.1) is 0 Å². The summed E-state index contributed by atoms with van der Waals surface area (Å²) in [7, 11) is 0. The highest BCUT2D eigenvalue weighted by Crippen LogP contribution is 2.23. The van der Waals surface area contributed by atoms with Gasteiger partial charge in [0.15, 0.2) is 0 Å². The molecule has 0 bridgehead atoms.